The third kappa shape index (κ3) is 2.70. The fraction of sp³-hybridized carbons (Fsp3) is 0.462. The highest BCUT2D eigenvalue weighted by Gasteiger charge is 2.23. The van der Waals surface area contributed by atoms with Crippen molar-refractivity contribution in [3.8, 4) is 5.75 Å². The summed E-state index contributed by atoms with van der Waals surface area (Å²) < 4.78 is 5.11. The molecule has 0 saturated heterocycles. The summed E-state index contributed by atoms with van der Waals surface area (Å²) in [5, 5.41) is 2.88. The number of nitrogens with two attached hydrogens (primary N) is 1. The molecule has 0 spiro atoms. The first-order valence-electron chi connectivity index (χ1n) is 5.95. The van der Waals surface area contributed by atoms with Gasteiger partial charge in [0.25, 0.3) is 0 Å². The molecule has 2 rings (SSSR count). The average Bonchev–Trinajstić information content (AvgIpc) is 2.85. The highest BCUT2D eigenvalue weighted by atomic mass is 16.5. The van der Waals surface area contributed by atoms with Gasteiger partial charge in [-0.15, -0.1) is 0 Å². The van der Waals surface area contributed by atoms with Crippen molar-refractivity contribution in [1.82, 2.24) is 0 Å². The van der Waals surface area contributed by atoms with Crippen LogP contribution in [0, 0.1) is 5.92 Å². The van der Waals surface area contributed by atoms with Crippen molar-refractivity contribution >= 4 is 17.3 Å². The molecule has 1 aromatic carbocycles. The summed E-state index contributed by atoms with van der Waals surface area (Å²) in [6.45, 7) is 0. The van der Waals surface area contributed by atoms with E-state index in [2.05, 4.69) is 5.32 Å². The minimum absolute atomic E-state index is 0.0717. The van der Waals surface area contributed by atoms with Crippen molar-refractivity contribution in [2.45, 2.75) is 25.7 Å². The van der Waals surface area contributed by atoms with Crippen LogP contribution in [-0.2, 0) is 4.79 Å². The lowest BCUT2D eigenvalue weighted by Gasteiger charge is -2.13. The van der Waals surface area contributed by atoms with Gasteiger partial charge in [-0.25, -0.2) is 0 Å². The SMILES string of the molecule is COc1ccc(N)c(NC(=O)C2CCCC2)c1. The molecule has 1 aromatic rings. The van der Waals surface area contributed by atoms with Crippen molar-refractivity contribution in [1.29, 1.82) is 0 Å². The van der Waals surface area contributed by atoms with Gasteiger partial charge >= 0.3 is 0 Å². The molecule has 0 aromatic heterocycles. The van der Waals surface area contributed by atoms with Crippen LogP contribution in [0.15, 0.2) is 18.2 Å². The largest absolute Gasteiger partial charge is 0.497 e. The van der Waals surface area contributed by atoms with Crippen LogP contribution in [-0.4, -0.2) is 13.0 Å². The van der Waals surface area contributed by atoms with Gasteiger partial charge in [0.2, 0.25) is 5.91 Å². The van der Waals surface area contributed by atoms with E-state index in [-0.39, 0.29) is 11.8 Å². The molecule has 0 heterocycles. The molecule has 1 aliphatic rings. The van der Waals surface area contributed by atoms with E-state index in [1.165, 1.54) is 0 Å². The first kappa shape index (κ1) is 11.8. The number of carbonyl (C=O) groups excluding carboxylic acids is 1. The number of hydrogen-bond acceptors (Lipinski definition) is 3. The van der Waals surface area contributed by atoms with Crippen LogP contribution in [0.4, 0.5) is 11.4 Å². The standard InChI is InChI=1S/C13H18N2O2/c1-17-10-6-7-11(14)12(8-10)15-13(16)9-4-2-3-5-9/h6-9H,2-5,14H2,1H3,(H,15,16). The quantitative estimate of drug-likeness (QED) is 0.789. The minimum Gasteiger partial charge on any atom is -0.497 e. The van der Waals surface area contributed by atoms with Crippen LogP contribution in [0.25, 0.3) is 0 Å². The Labute approximate surface area is 101 Å². The molecule has 0 radical (unpaired) electrons. The van der Waals surface area contributed by atoms with Crippen LogP contribution in [0.1, 0.15) is 25.7 Å². The van der Waals surface area contributed by atoms with Crippen molar-refractivity contribution < 1.29 is 9.53 Å². The summed E-state index contributed by atoms with van der Waals surface area (Å²) in [4.78, 5) is 12.0. The Morgan fingerprint density at radius 1 is 1.41 bits per heavy atom. The Morgan fingerprint density at radius 3 is 2.76 bits per heavy atom. The molecule has 92 valence electrons. The van der Waals surface area contributed by atoms with E-state index >= 15 is 0 Å². The number of hydrogen-bond donors (Lipinski definition) is 2. The number of nitrogens with one attached hydrogen (secondary N) is 1. The number of rotatable bonds is 3. The predicted molar refractivity (Wildman–Crippen MR) is 68.0 cm³/mol. The first-order valence-corrected chi connectivity index (χ1v) is 5.95. The Bertz CT molecular complexity index is 412. The molecule has 0 atom stereocenters. The van der Waals surface area contributed by atoms with E-state index in [0.717, 1.165) is 25.7 Å². The van der Waals surface area contributed by atoms with Crippen molar-refractivity contribution in [3.05, 3.63) is 18.2 Å². The molecule has 1 aliphatic carbocycles. The molecule has 17 heavy (non-hydrogen) atoms. The molecule has 4 nitrogen and oxygen atoms in total. The molecule has 1 amide bonds. The zero-order chi connectivity index (χ0) is 12.3. The topological polar surface area (TPSA) is 64.3 Å². The maximum Gasteiger partial charge on any atom is 0.227 e. The van der Waals surface area contributed by atoms with Crippen LogP contribution in [0.2, 0.25) is 0 Å². The van der Waals surface area contributed by atoms with Crippen molar-refractivity contribution in [3.63, 3.8) is 0 Å². The number of anilines is 2. The van der Waals surface area contributed by atoms with E-state index in [1.54, 1.807) is 25.3 Å². The maximum absolute atomic E-state index is 12.0. The summed E-state index contributed by atoms with van der Waals surface area (Å²) in [6.07, 6.45) is 4.25. The second-order valence-corrected chi connectivity index (χ2v) is 4.42. The third-order valence-electron chi connectivity index (χ3n) is 3.24. The molecule has 1 fully saturated rings. The maximum atomic E-state index is 12.0. The van der Waals surface area contributed by atoms with Gasteiger partial charge in [0.1, 0.15) is 5.75 Å². The lowest BCUT2D eigenvalue weighted by atomic mass is 10.1. The number of nitrogen functional groups attached to an aromatic ring is 1. The van der Waals surface area contributed by atoms with E-state index in [9.17, 15) is 4.79 Å². The minimum atomic E-state index is 0.0717. The lowest BCUT2D eigenvalue weighted by molar-refractivity contribution is -0.119. The molecular weight excluding hydrogens is 216 g/mol. The second kappa shape index (κ2) is 5.08. The molecule has 1 saturated carbocycles. The highest BCUT2D eigenvalue weighted by Crippen LogP contribution is 2.29. The van der Waals surface area contributed by atoms with E-state index < -0.39 is 0 Å². The van der Waals surface area contributed by atoms with Gasteiger partial charge in [-0.1, -0.05) is 12.8 Å². The summed E-state index contributed by atoms with van der Waals surface area (Å²) in [7, 11) is 1.59. The number of ether oxygens (including phenoxy) is 1. The first-order chi connectivity index (χ1) is 8.20. The number of methoxy groups -OCH3 is 1. The number of carbonyl (C=O) groups is 1. The molecule has 0 unspecified atom stereocenters. The molecular formula is C13H18N2O2. The van der Waals surface area contributed by atoms with E-state index in [1.807, 2.05) is 0 Å². The monoisotopic (exact) mass is 234 g/mol. The summed E-state index contributed by atoms with van der Waals surface area (Å²) in [5.74, 6) is 0.906. The summed E-state index contributed by atoms with van der Waals surface area (Å²) in [5.41, 5.74) is 7.03. The van der Waals surface area contributed by atoms with E-state index in [0.29, 0.717) is 17.1 Å². The van der Waals surface area contributed by atoms with Gasteiger partial charge < -0.3 is 15.8 Å². The Morgan fingerprint density at radius 2 is 2.12 bits per heavy atom. The summed E-state index contributed by atoms with van der Waals surface area (Å²) in [6, 6.07) is 5.27. The number of benzene rings is 1. The Hall–Kier alpha value is -1.71. The van der Waals surface area contributed by atoms with Gasteiger partial charge in [0.15, 0.2) is 0 Å². The van der Waals surface area contributed by atoms with Gasteiger partial charge in [-0.05, 0) is 25.0 Å². The smallest absolute Gasteiger partial charge is 0.227 e. The molecule has 0 aliphatic heterocycles. The van der Waals surface area contributed by atoms with Gasteiger partial charge in [0.05, 0.1) is 18.5 Å². The van der Waals surface area contributed by atoms with Crippen molar-refractivity contribution in [2.75, 3.05) is 18.2 Å². The van der Waals surface area contributed by atoms with E-state index in [4.69, 9.17) is 10.5 Å². The van der Waals surface area contributed by atoms with Crippen LogP contribution in [0.5, 0.6) is 5.75 Å². The highest BCUT2D eigenvalue weighted by molar-refractivity contribution is 5.95. The zero-order valence-electron chi connectivity index (χ0n) is 10.0. The second-order valence-electron chi connectivity index (χ2n) is 4.42. The number of amides is 1. The Balaban J connectivity index is 2.09. The fourth-order valence-electron chi connectivity index (χ4n) is 2.19. The predicted octanol–water partition coefficient (Wildman–Crippen LogP) is 2.41. The summed E-state index contributed by atoms with van der Waals surface area (Å²) >= 11 is 0. The molecule has 3 N–H and O–H groups in total. The van der Waals surface area contributed by atoms with Gasteiger partial charge in [-0.2, -0.15) is 0 Å². The zero-order valence-corrected chi connectivity index (χ0v) is 10.0. The van der Waals surface area contributed by atoms with Gasteiger partial charge in [0, 0.05) is 12.0 Å². The Kier molecular flexibility index (Phi) is 3.52. The third-order valence-corrected chi connectivity index (χ3v) is 3.24. The van der Waals surface area contributed by atoms with Crippen molar-refractivity contribution in [2.24, 2.45) is 5.92 Å². The van der Waals surface area contributed by atoms with Crippen LogP contribution < -0.4 is 15.8 Å². The lowest BCUT2D eigenvalue weighted by Crippen LogP contribution is -2.20. The van der Waals surface area contributed by atoms with Crippen LogP contribution in [0.3, 0.4) is 0 Å². The van der Waals surface area contributed by atoms with Gasteiger partial charge in [-0.3, -0.25) is 4.79 Å². The average molecular weight is 234 g/mol. The normalized spacial score (nSPS) is 15.8. The molecule has 0 bridgehead atoms. The molecule has 4 heteroatoms. The fourth-order valence-corrected chi connectivity index (χ4v) is 2.19. The van der Waals surface area contributed by atoms with Crippen LogP contribution >= 0.6 is 0 Å².